The zero-order valence-corrected chi connectivity index (χ0v) is 22.7. The van der Waals surface area contributed by atoms with Gasteiger partial charge in [0.15, 0.2) is 5.11 Å². The van der Waals surface area contributed by atoms with Crippen LogP contribution >= 0.6 is 35.4 Å². The van der Waals surface area contributed by atoms with Crippen LogP contribution in [0.15, 0.2) is 83.4 Å². The summed E-state index contributed by atoms with van der Waals surface area (Å²) < 4.78 is 11.7. The fourth-order valence-electron chi connectivity index (χ4n) is 4.45. The van der Waals surface area contributed by atoms with Crippen molar-refractivity contribution in [3.63, 3.8) is 0 Å². The monoisotopic (exact) mass is 566 g/mol. The standard InChI is InChI=1S/C28H24Cl2N4O3S/c1-36-23-8-3-2-6-20(23)32-25(35)13-15-34-27(26(33-28(34)38)21-7-4-5-14-31-21)24-12-11-22(37-24)17-9-10-18(29)19(30)16-17/h2-12,14,16,26-27H,13,15H2,1H3,(H,32,35)(H,33,38)/t26-,27+/m0/s1. The third kappa shape index (κ3) is 5.48. The van der Waals surface area contributed by atoms with E-state index in [1.54, 1.807) is 37.6 Å². The van der Waals surface area contributed by atoms with Crippen molar-refractivity contribution in [3.8, 4) is 17.1 Å². The van der Waals surface area contributed by atoms with Crippen molar-refractivity contribution in [3.05, 3.63) is 100 Å². The number of hydrogen-bond acceptors (Lipinski definition) is 5. The van der Waals surface area contributed by atoms with Gasteiger partial charge in [-0.15, -0.1) is 0 Å². The maximum atomic E-state index is 12.9. The van der Waals surface area contributed by atoms with E-state index in [9.17, 15) is 4.79 Å². The first kappa shape index (κ1) is 26.0. The molecule has 38 heavy (non-hydrogen) atoms. The molecule has 1 fully saturated rings. The number of furan rings is 1. The van der Waals surface area contributed by atoms with Crippen LogP contribution in [0.2, 0.25) is 10.0 Å². The summed E-state index contributed by atoms with van der Waals surface area (Å²) in [5, 5.41) is 7.72. The summed E-state index contributed by atoms with van der Waals surface area (Å²) in [6.07, 6.45) is 1.94. The minimum absolute atomic E-state index is 0.159. The number of ether oxygens (including phenoxy) is 1. The van der Waals surface area contributed by atoms with E-state index in [4.69, 9.17) is 44.6 Å². The topological polar surface area (TPSA) is 79.6 Å². The number of hydrogen-bond donors (Lipinski definition) is 2. The Bertz CT molecular complexity index is 1460. The molecule has 5 rings (SSSR count). The Morgan fingerprint density at radius 1 is 1.11 bits per heavy atom. The molecule has 0 bridgehead atoms. The summed E-state index contributed by atoms with van der Waals surface area (Å²) >= 11 is 18.0. The van der Waals surface area contributed by atoms with Gasteiger partial charge in [0.05, 0.1) is 34.6 Å². The molecule has 2 atom stereocenters. The molecule has 0 aliphatic carbocycles. The van der Waals surface area contributed by atoms with E-state index in [2.05, 4.69) is 15.6 Å². The van der Waals surface area contributed by atoms with E-state index in [-0.39, 0.29) is 24.4 Å². The minimum Gasteiger partial charge on any atom is -0.495 e. The maximum absolute atomic E-state index is 12.9. The van der Waals surface area contributed by atoms with Crippen molar-refractivity contribution in [2.45, 2.75) is 18.5 Å². The van der Waals surface area contributed by atoms with Crippen LogP contribution in [0, 0.1) is 0 Å². The van der Waals surface area contributed by atoms with Crippen molar-refractivity contribution in [1.82, 2.24) is 15.2 Å². The van der Waals surface area contributed by atoms with Crippen LogP contribution in [0.25, 0.3) is 11.3 Å². The van der Waals surface area contributed by atoms with E-state index >= 15 is 0 Å². The number of methoxy groups -OCH3 is 1. The summed E-state index contributed by atoms with van der Waals surface area (Å²) in [6.45, 7) is 0.365. The second-order valence-corrected chi connectivity index (χ2v) is 9.85. The molecule has 0 radical (unpaired) electrons. The number of carbonyl (C=O) groups excluding carboxylic acids is 1. The van der Waals surface area contributed by atoms with Gasteiger partial charge in [0.1, 0.15) is 23.3 Å². The van der Waals surface area contributed by atoms with Gasteiger partial charge >= 0.3 is 0 Å². The van der Waals surface area contributed by atoms with Gasteiger partial charge in [-0.25, -0.2) is 0 Å². The van der Waals surface area contributed by atoms with Crippen LogP contribution in [-0.2, 0) is 4.79 Å². The number of aromatic nitrogens is 1. The normalized spacial score (nSPS) is 16.8. The molecule has 0 unspecified atom stereocenters. The summed E-state index contributed by atoms with van der Waals surface area (Å²) in [5.41, 5.74) is 2.23. The molecule has 1 aliphatic heterocycles. The Kier molecular flexibility index (Phi) is 7.83. The molecule has 1 saturated heterocycles. The number of rotatable bonds is 8. The maximum Gasteiger partial charge on any atom is 0.226 e. The van der Waals surface area contributed by atoms with Crippen molar-refractivity contribution in [2.24, 2.45) is 0 Å². The first-order valence-corrected chi connectivity index (χ1v) is 13.1. The van der Waals surface area contributed by atoms with Gasteiger partial charge in [-0.1, -0.05) is 41.4 Å². The lowest BCUT2D eigenvalue weighted by atomic mass is 10.0. The minimum atomic E-state index is -0.326. The number of para-hydroxylation sites is 2. The highest BCUT2D eigenvalue weighted by Crippen LogP contribution is 2.41. The lowest BCUT2D eigenvalue weighted by molar-refractivity contribution is -0.116. The first-order chi connectivity index (χ1) is 18.4. The third-order valence-corrected chi connectivity index (χ3v) is 7.37. The van der Waals surface area contributed by atoms with Crippen LogP contribution < -0.4 is 15.4 Å². The van der Waals surface area contributed by atoms with Gasteiger partial charge < -0.3 is 24.7 Å². The molecule has 7 nitrogen and oxygen atoms in total. The van der Waals surface area contributed by atoms with Crippen molar-refractivity contribution < 1.29 is 13.9 Å². The molecular formula is C28H24Cl2N4O3S. The number of benzene rings is 2. The van der Waals surface area contributed by atoms with Crippen molar-refractivity contribution in [2.75, 3.05) is 19.0 Å². The largest absolute Gasteiger partial charge is 0.495 e. The Hall–Kier alpha value is -3.59. The number of carbonyl (C=O) groups is 1. The van der Waals surface area contributed by atoms with E-state index in [0.717, 1.165) is 11.3 Å². The van der Waals surface area contributed by atoms with Gasteiger partial charge in [-0.3, -0.25) is 9.78 Å². The van der Waals surface area contributed by atoms with Crippen molar-refractivity contribution >= 4 is 52.1 Å². The lowest BCUT2D eigenvalue weighted by Gasteiger charge is -2.26. The molecule has 194 valence electrons. The SMILES string of the molecule is COc1ccccc1NC(=O)CCN1C(=S)N[C@@H](c2ccccn2)[C@H]1c1ccc(-c2ccc(Cl)c(Cl)c2)o1. The van der Waals surface area contributed by atoms with Gasteiger partial charge in [0.2, 0.25) is 5.91 Å². The van der Waals surface area contributed by atoms with Crippen LogP contribution in [0.4, 0.5) is 5.69 Å². The summed E-state index contributed by atoms with van der Waals surface area (Å²) in [6, 6.07) is 21.6. The molecule has 2 aromatic heterocycles. The second-order valence-electron chi connectivity index (χ2n) is 8.65. The summed E-state index contributed by atoms with van der Waals surface area (Å²) in [4.78, 5) is 19.4. The predicted molar refractivity (Wildman–Crippen MR) is 153 cm³/mol. The van der Waals surface area contributed by atoms with E-state index < -0.39 is 0 Å². The van der Waals surface area contributed by atoms with Gasteiger partial charge in [0.25, 0.3) is 0 Å². The molecule has 2 aromatic carbocycles. The third-order valence-electron chi connectivity index (χ3n) is 6.28. The predicted octanol–water partition coefficient (Wildman–Crippen LogP) is 6.66. The molecule has 0 spiro atoms. The molecule has 2 N–H and O–H groups in total. The zero-order valence-electron chi connectivity index (χ0n) is 20.4. The van der Waals surface area contributed by atoms with Gasteiger partial charge in [-0.05, 0) is 66.8 Å². The zero-order chi connectivity index (χ0) is 26.6. The number of amides is 1. The number of pyridine rings is 1. The molecule has 1 amide bonds. The molecule has 3 heterocycles. The van der Waals surface area contributed by atoms with Crippen LogP contribution in [0.3, 0.4) is 0 Å². The highest BCUT2D eigenvalue weighted by Gasteiger charge is 2.41. The highest BCUT2D eigenvalue weighted by molar-refractivity contribution is 7.80. The molecule has 1 aliphatic rings. The first-order valence-electron chi connectivity index (χ1n) is 11.9. The Balaban J connectivity index is 1.40. The number of thiocarbonyl (C=S) groups is 1. The number of halogens is 2. The van der Waals surface area contributed by atoms with Gasteiger partial charge in [-0.2, -0.15) is 0 Å². The molecular weight excluding hydrogens is 543 g/mol. The van der Waals surface area contributed by atoms with E-state index in [0.29, 0.717) is 44.7 Å². The van der Waals surface area contributed by atoms with Crippen LogP contribution in [-0.4, -0.2) is 34.6 Å². The molecule has 4 aromatic rings. The Labute approximate surface area is 235 Å². The average molecular weight is 567 g/mol. The van der Waals surface area contributed by atoms with Gasteiger partial charge in [0, 0.05) is 24.7 Å². The van der Waals surface area contributed by atoms with Crippen LogP contribution in [0.1, 0.15) is 30.0 Å². The quantitative estimate of drug-likeness (QED) is 0.231. The summed E-state index contributed by atoms with van der Waals surface area (Å²) in [5.74, 6) is 1.76. The van der Waals surface area contributed by atoms with Crippen molar-refractivity contribution in [1.29, 1.82) is 0 Å². The summed E-state index contributed by atoms with van der Waals surface area (Å²) in [7, 11) is 1.57. The number of anilines is 1. The average Bonchev–Trinajstić information content (AvgIpc) is 3.54. The Morgan fingerprint density at radius 3 is 2.68 bits per heavy atom. The number of nitrogens with one attached hydrogen (secondary N) is 2. The smallest absolute Gasteiger partial charge is 0.226 e. The highest BCUT2D eigenvalue weighted by atomic mass is 35.5. The fraction of sp³-hybridized carbons (Fsp3) is 0.179. The molecule has 0 saturated carbocycles. The lowest BCUT2D eigenvalue weighted by Crippen LogP contribution is -2.32. The number of nitrogens with zero attached hydrogens (tertiary/aromatic N) is 2. The Morgan fingerprint density at radius 2 is 1.92 bits per heavy atom. The van der Waals surface area contributed by atoms with E-state index in [1.165, 1.54) is 0 Å². The van der Waals surface area contributed by atoms with E-state index in [1.807, 2.05) is 53.4 Å². The second kappa shape index (κ2) is 11.4. The molecule has 10 heteroatoms. The van der Waals surface area contributed by atoms with Crippen LogP contribution in [0.5, 0.6) is 5.75 Å². The fourth-order valence-corrected chi connectivity index (χ4v) is 5.08.